The summed E-state index contributed by atoms with van der Waals surface area (Å²) in [4.78, 5) is 32.9. The van der Waals surface area contributed by atoms with Gasteiger partial charge in [0.1, 0.15) is 10.6 Å². The lowest BCUT2D eigenvalue weighted by Crippen LogP contribution is -2.31. The highest BCUT2D eigenvalue weighted by atomic mass is 32.2. The zero-order valence-corrected chi connectivity index (χ0v) is 22.5. The van der Waals surface area contributed by atoms with E-state index in [0.29, 0.717) is 47.6 Å². The Morgan fingerprint density at radius 2 is 1.97 bits per heavy atom. The van der Waals surface area contributed by atoms with E-state index in [0.717, 1.165) is 36.8 Å². The number of fused-ring (bicyclic) bond motifs is 1. The molecule has 2 heterocycles. The molecule has 200 valence electrons. The van der Waals surface area contributed by atoms with Crippen LogP contribution in [0.3, 0.4) is 0 Å². The smallest absolute Gasteiger partial charge is 0.287 e. The Morgan fingerprint density at radius 3 is 2.70 bits per heavy atom. The third-order valence-corrected chi connectivity index (χ3v) is 8.15. The second kappa shape index (κ2) is 12.2. The number of sulfonamides is 1. The number of H-pyrrole nitrogens is 1. The monoisotopic (exact) mass is 548 g/mol. The molecule has 2 aromatic heterocycles. The van der Waals surface area contributed by atoms with Gasteiger partial charge in [0, 0.05) is 25.3 Å². The van der Waals surface area contributed by atoms with Crippen molar-refractivity contribution in [3.8, 4) is 5.75 Å². The third-order valence-electron chi connectivity index (χ3n) is 6.53. The Morgan fingerprint density at radius 1 is 1.22 bits per heavy atom. The van der Waals surface area contributed by atoms with E-state index in [1.807, 2.05) is 29.6 Å². The number of rotatable bonds is 11. The van der Waals surface area contributed by atoms with Crippen LogP contribution in [-0.4, -0.2) is 50.8 Å². The molecule has 0 atom stereocenters. The summed E-state index contributed by atoms with van der Waals surface area (Å²) in [5, 5.41) is 5.07. The Kier molecular flexibility index (Phi) is 8.95. The van der Waals surface area contributed by atoms with Crippen molar-refractivity contribution in [2.75, 3.05) is 26.5 Å². The largest absolute Gasteiger partial charge is 0.497 e. The number of carbonyl (C=O) groups excluding carboxylic acids is 1. The average Bonchev–Trinajstić information content (AvgIpc) is 3.30. The van der Waals surface area contributed by atoms with Gasteiger partial charge in [0.05, 0.1) is 25.4 Å². The van der Waals surface area contributed by atoms with Crippen LogP contribution in [0.5, 0.6) is 5.75 Å². The standard InChI is InChI=1S/C25H32N4O6S2/c1-34-20-5-3-4-18(10-20)11-26-24(31)22-28-23(30)21-19(15-36-25(21)29-22)14-35-13-17-8-6-16(7-9-17)12-27-37(2,32)33/h3-5,10,15-17,27H,6-9,11-14H2,1-2H3,(H,26,31)(H,28,29,30). The summed E-state index contributed by atoms with van der Waals surface area (Å²) < 4.78 is 36.3. The summed E-state index contributed by atoms with van der Waals surface area (Å²) >= 11 is 1.31. The molecule has 0 unspecified atom stereocenters. The van der Waals surface area contributed by atoms with Gasteiger partial charge in [0.2, 0.25) is 15.8 Å². The molecule has 1 fully saturated rings. The number of aromatic amines is 1. The molecule has 12 heteroatoms. The van der Waals surface area contributed by atoms with E-state index in [9.17, 15) is 18.0 Å². The van der Waals surface area contributed by atoms with Gasteiger partial charge in [-0.25, -0.2) is 18.1 Å². The highest BCUT2D eigenvalue weighted by molar-refractivity contribution is 7.88. The number of nitrogens with one attached hydrogen (secondary N) is 3. The Bertz CT molecular complexity index is 1390. The molecule has 3 N–H and O–H groups in total. The first-order valence-corrected chi connectivity index (χ1v) is 14.9. The Hall–Kier alpha value is -2.80. The summed E-state index contributed by atoms with van der Waals surface area (Å²) in [7, 11) is -1.58. The van der Waals surface area contributed by atoms with Crippen molar-refractivity contribution in [1.29, 1.82) is 0 Å². The van der Waals surface area contributed by atoms with Crippen LogP contribution in [0, 0.1) is 11.8 Å². The van der Waals surface area contributed by atoms with Crippen molar-refractivity contribution in [1.82, 2.24) is 20.0 Å². The number of methoxy groups -OCH3 is 1. The Labute approximate surface area is 219 Å². The van der Waals surface area contributed by atoms with Crippen LogP contribution in [0.1, 0.15) is 47.4 Å². The van der Waals surface area contributed by atoms with Gasteiger partial charge in [-0.05, 0) is 60.6 Å². The van der Waals surface area contributed by atoms with Gasteiger partial charge in [-0.3, -0.25) is 9.59 Å². The molecule has 3 aromatic rings. The highest BCUT2D eigenvalue weighted by Gasteiger charge is 2.22. The number of amides is 1. The molecule has 37 heavy (non-hydrogen) atoms. The van der Waals surface area contributed by atoms with Gasteiger partial charge in [0.15, 0.2) is 0 Å². The van der Waals surface area contributed by atoms with Crippen LogP contribution in [-0.2, 0) is 27.9 Å². The number of hydrogen-bond donors (Lipinski definition) is 3. The molecule has 0 spiro atoms. The summed E-state index contributed by atoms with van der Waals surface area (Å²) in [5.41, 5.74) is 1.25. The van der Waals surface area contributed by atoms with Crippen LogP contribution < -0.4 is 20.3 Å². The van der Waals surface area contributed by atoms with Crippen LogP contribution in [0.2, 0.25) is 0 Å². The van der Waals surface area contributed by atoms with Gasteiger partial charge in [0.25, 0.3) is 11.5 Å². The van der Waals surface area contributed by atoms with E-state index in [2.05, 4.69) is 20.0 Å². The van der Waals surface area contributed by atoms with Crippen molar-refractivity contribution in [2.24, 2.45) is 11.8 Å². The predicted octanol–water partition coefficient (Wildman–Crippen LogP) is 2.80. The average molecular weight is 549 g/mol. The van der Waals surface area contributed by atoms with Crippen molar-refractivity contribution >= 4 is 37.5 Å². The molecule has 0 saturated heterocycles. The molecule has 0 radical (unpaired) electrons. The van der Waals surface area contributed by atoms with Gasteiger partial charge in [-0.2, -0.15) is 0 Å². The summed E-state index contributed by atoms with van der Waals surface area (Å²) in [6.07, 6.45) is 5.07. The topological polar surface area (TPSA) is 139 Å². The minimum atomic E-state index is -3.16. The summed E-state index contributed by atoms with van der Waals surface area (Å²) in [6, 6.07) is 7.36. The zero-order chi connectivity index (χ0) is 26.4. The maximum Gasteiger partial charge on any atom is 0.287 e. The number of thiophene rings is 1. The number of aromatic nitrogens is 2. The fourth-order valence-corrected chi connectivity index (χ4v) is 5.94. The van der Waals surface area contributed by atoms with Gasteiger partial charge >= 0.3 is 0 Å². The lowest BCUT2D eigenvalue weighted by Gasteiger charge is -2.28. The van der Waals surface area contributed by atoms with Gasteiger partial charge in [-0.15, -0.1) is 11.3 Å². The second-order valence-electron chi connectivity index (χ2n) is 9.41. The molecule has 1 amide bonds. The Balaban J connectivity index is 1.29. The van der Waals surface area contributed by atoms with E-state index in [1.54, 1.807) is 7.11 Å². The van der Waals surface area contributed by atoms with Gasteiger partial charge in [-0.1, -0.05) is 12.1 Å². The van der Waals surface area contributed by atoms with Crippen LogP contribution in [0.25, 0.3) is 10.2 Å². The van der Waals surface area contributed by atoms with Crippen molar-refractivity contribution in [3.63, 3.8) is 0 Å². The lowest BCUT2D eigenvalue weighted by molar-refractivity contribution is 0.0681. The van der Waals surface area contributed by atoms with E-state index in [4.69, 9.17) is 9.47 Å². The molecule has 10 nitrogen and oxygen atoms in total. The molecule has 0 aliphatic heterocycles. The number of hydrogen-bond acceptors (Lipinski definition) is 8. The molecule has 4 rings (SSSR count). The first kappa shape index (κ1) is 27.2. The summed E-state index contributed by atoms with van der Waals surface area (Å²) in [5.74, 6) is 0.976. The minimum absolute atomic E-state index is 0.0307. The maximum atomic E-state index is 12.8. The molecular formula is C25H32N4O6S2. The van der Waals surface area contributed by atoms with Gasteiger partial charge < -0.3 is 19.8 Å². The lowest BCUT2D eigenvalue weighted by atomic mass is 9.82. The number of carbonyl (C=O) groups is 1. The van der Waals surface area contributed by atoms with Crippen LogP contribution in [0.4, 0.5) is 0 Å². The first-order valence-electron chi connectivity index (χ1n) is 12.2. The van der Waals surface area contributed by atoms with Crippen molar-refractivity contribution < 1.29 is 22.7 Å². The molecule has 1 saturated carbocycles. The first-order chi connectivity index (χ1) is 17.7. The van der Waals surface area contributed by atoms with E-state index in [-0.39, 0.29) is 17.9 Å². The number of benzene rings is 1. The highest BCUT2D eigenvalue weighted by Crippen LogP contribution is 2.29. The van der Waals surface area contributed by atoms with E-state index in [1.165, 1.54) is 17.6 Å². The van der Waals surface area contributed by atoms with Crippen molar-refractivity contribution in [3.05, 3.63) is 57.0 Å². The normalized spacial score (nSPS) is 18.1. The van der Waals surface area contributed by atoms with E-state index >= 15 is 0 Å². The fraction of sp³-hybridized carbons (Fsp3) is 0.480. The van der Waals surface area contributed by atoms with Crippen LogP contribution in [0.15, 0.2) is 34.4 Å². The van der Waals surface area contributed by atoms with Crippen LogP contribution >= 0.6 is 11.3 Å². The third kappa shape index (κ3) is 7.60. The number of nitrogens with zero attached hydrogens (tertiary/aromatic N) is 1. The molecule has 0 bridgehead atoms. The minimum Gasteiger partial charge on any atom is -0.497 e. The molecule has 1 aromatic carbocycles. The fourth-order valence-electron chi connectivity index (χ4n) is 4.48. The SMILES string of the molecule is COc1cccc(CNC(=O)c2nc3scc(COCC4CCC(CNS(C)(=O)=O)CC4)c3c(=O)[nH]2)c1. The quantitative estimate of drug-likeness (QED) is 0.335. The predicted molar refractivity (Wildman–Crippen MR) is 142 cm³/mol. The molecular weight excluding hydrogens is 516 g/mol. The molecule has 1 aliphatic carbocycles. The summed E-state index contributed by atoms with van der Waals surface area (Å²) in [6.45, 7) is 1.64. The molecule has 1 aliphatic rings. The zero-order valence-electron chi connectivity index (χ0n) is 20.9. The second-order valence-corrected chi connectivity index (χ2v) is 12.1. The van der Waals surface area contributed by atoms with Crippen molar-refractivity contribution in [2.45, 2.75) is 38.8 Å². The number of ether oxygens (including phenoxy) is 2. The maximum absolute atomic E-state index is 12.8. The van der Waals surface area contributed by atoms with E-state index < -0.39 is 15.9 Å².